The zero-order valence-corrected chi connectivity index (χ0v) is 54.0. The van der Waals surface area contributed by atoms with E-state index < -0.39 is 0 Å². The van der Waals surface area contributed by atoms with Crippen molar-refractivity contribution in [1.82, 2.24) is 4.57 Å². The van der Waals surface area contributed by atoms with Crippen molar-refractivity contribution < 1.29 is 4.42 Å². The van der Waals surface area contributed by atoms with Crippen LogP contribution in [0, 0.1) is 34.6 Å². The van der Waals surface area contributed by atoms with Gasteiger partial charge in [-0.05, 0) is 226 Å². The standard InChI is InChI=1S/C83H77BN4O/c1-50-40-74-78-75(41-50)88(80-51(2)42-56(43-52(80)3)55-28-36-67-66-25-19-21-27-76(66)89-77(67)46-55)73-49-63(35-38-68(73)84(78)69-47-58(82(9,10)11)31-39-71(69)87(74)61-32-29-57(30-33-61)81(6,7)8)85(79-53(4)44-59(45-54(79)5)83(12,13)14)62-34-37-65-64-24-18-20-26-70(64)86(72(65)48-62)60-22-16-15-17-23-60/h15-49H,1-14H3. The normalized spacial score (nSPS) is 13.2. The highest BCUT2D eigenvalue weighted by Crippen LogP contribution is 2.51. The third-order valence-electron chi connectivity index (χ3n) is 19.2. The van der Waals surface area contributed by atoms with E-state index in [9.17, 15) is 0 Å². The summed E-state index contributed by atoms with van der Waals surface area (Å²) in [6, 6.07) is 80.6. The van der Waals surface area contributed by atoms with E-state index in [1.54, 1.807) is 0 Å². The number of furan rings is 1. The van der Waals surface area contributed by atoms with Crippen molar-refractivity contribution in [1.29, 1.82) is 0 Å². The Morgan fingerprint density at radius 3 is 1.65 bits per heavy atom. The predicted molar refractivity (Wildman–Crippen MR) is 382 cm³/mol. The number of nitrogens with zero attached hydrogens (tertiary/aromatic N) is 4. The first kappa shape index (κ1) is 56.0. The number of aromatic nitrogens is 1. The Morgan fingerprint density at radius 2 is 0.955 bits per heavy atom. The molecule has 89 heavy (non-hydrogen) atoms. The van der Waals surface area contributed by atoms with E-state index in [0.29, 0.717) is 0 Å². The molecule has 0 saturated heterocycles. The van der Waals surface area contributed by atoms with Gasteiger partial charge in [-0.2, -0.15) is 0 Å². The highest BCUT2D eigenvalue weighted by atomic mass is 16.3. The lowest BCUT2D eigenvalue weighted by Crippen LogP contribution is -2.61. The monoisotopic (exact) mass is 1160 g/mol. The molecular weight excluding hydrogens is 1080 g/mol. The maximum absolute atomic E-state index is 6.51. The highest BCUT2D eigenvalue weighted by Gasteiger charge is 2.45. The fraction of sp³-hybridized carbons (Fsp3) is 0.205. The molecule has 0 atom stereocenters. The third kappa shape index (κ3) is 9.11. The van der Waals surface area contributed by atoms with Crippen LogP contribution in [0.4, 0.5) is 51.2 Å². The topological polar surface area (TPSA) is 27.8 Å². The van der Waals surface area contributed by atoms with Crippen LogP contribution in [0.3, 0.4) is 0 Å². The number of benzene rings is 11. The average Bonchev–Trinajstić information content (AvgIpc) is 1.72. The van der Waals surface area contributed by atoms with Crippen LogP contribution in [0.2, 0.25) is 0 Å². The molecular formula is C83H77BN4O. The van der Waals surface area contributed by atoms with Crippen LogP contribution in [0.15, 0.2) is 217 Å². The molecule has 438 valence electrons. The van der Waals surface area contributed by atoms with Gasteiger partial charge >= 0.3 is 0 Å². The van der Waals surface area contributed by atoms with E-state index in [4.69, 9.17) is 4.42 Å². The summed E-state index contributed by atoms with van der Waals surface area (Å²) in [6.45, 7) is 32.4. The summed E-state index contributed by atoms with van der Waals surface area (Å²) in [5.74, 6) is 0. The number of rotatable bonds is 7. The second-order valence-corrected chi connectivity index (χ2v) is 28.6. The second kappa shape index (κ2) is 20.3. The van der Waals surface area contributed by atoms with Crippen molar-refractivity contribution in [2.45, 2.75) is 113 Å². The number of para-hydroxylation sites is 3. The molecule has 2 aliphatic rings. The largest absolute Gasteiger partial charge is 0.456 e. The van der Waals surface area contributed by atoms with Crippen molar-refractivity contribution in [3.8, 4) is 16.8 Å². The lowest BCUT2D eigenvalue weighted by molar-refractivity contribution is 0.589. The minimum atomic E-state index is -0.0883. The molecule has 0 fully saturated rings. The average molecular weight is 1160 g/mol. The van der Waals surface area contributed by atoms with Crippen LogP contribution in [-0.4, -0.2) is 11.3 Å². The summed E-state index contributed by atoms with van der Waals surface area (Å²) >= 11 is 0. The van der Waals surface area contributed by atoms with Crippen molar-refractivity contribution in [3.63, 3.8) is 0 Å². The van der Waals surface area contributed by atoms with Crippen LogP contribution in [0.5, 0.6) is 0 Å². The molecule has 5 nitrogen and oxygen atoms in total. The molecule has 0 bridgehead atoms. The van der Waals surface area contributed by atoms with E-state index in [2.05, 4.69) is 322 Å². The Bertz CT molecular complexity index is 4990. The number of hydrogen-bond acceptors (Lipinski definition) is 4. The van der Waals surface area contributed by atoms with Gasteiger partial charge in [0.2, 0.25) is 0 Å². The summed E-state index contributed by atoms with van der Waals surface area (Å²) < 4.78 is 8.95. The first-order valence-electron chi connectivity index (χ1n) is 31.8. The Kier molecular flexibility index (Phi) is 12.8. The van der Waals surface area contributed by atoms with Gasteiger partial charge < -0.3 is 23.7 Å². The maximum atomic E-state index is 6.51. The van der Waals surface area contributed by atoms with Gasteiger partial charge in [-0.1, -0.05) is 172 Å². The van der Waals surface area contributed by atoms with E-state index in [-0.39, 0.29) is 23.0 Å². The van der Waals surface area contributed by atoms with Crippen LogP contribution in [-0.2, 0) is 16.2 Å². The third-order valence-corrected chi connectivity index (χ3v) is 19.2. The Balaban J connectivity index is 1.01. The molecule has 2 aliphatic heterocycles. The zero-order valence-electron chi connectivity index (χ0n) is 54.0. The fourth-order valence-corrected chi connectivity index (χ4v) is 14.8. The summed E-state index contributed by atoms with van der Waals surface area (Å²) in [4.78, 5) is 7.77. The first-order chi connectivity index (χ1) is 42.6. The molecule has 0 amide bonds. The SMILES string of the molecule is Cc1cc2c3c(c1)N(c1c(C)cc(-c4ccc5c(c4)oc4ccccc45)cc1C)c1cc(N(c4ccc5c6ccccc6n(-c6ccccc6)c5c4)c4c(C)cc(C(C)(C)C)cc4C)ccc1B3c1cc(C(C)(C)C)ccc1N2c1ccc(C(C)(C)C)cc1. The van der Waals surface area contributed by atoms with Crippen LogP contribution < -0.4 is 31.1 Å². The van der Waals surface area contributed by atoms with Crippen LogP contribution >= 0.6 is 0 Å². The zero-order chi connectivity index (χ0) is 61.7. The molecule has 11 aromatic carbocycles. The molecule has 0 radical (unpaired) electrons. The van der Waals surface area contributed by atoms with Gasteiger partial charge in [0.25, 0.3) is 6.71 Å². The van der Waals surface area contributed by atoms with Gasteiger partial charge in [0.05, 0.1) is 22.4 Å². The molecule has 0 N–H and O–H groups in total. The van der Waals surface area contributed by atoms with Gasteiger partial charge in [0.1, 0.15) is 11.2 Å². The van der Waals surface area contributed by atoms with Gasteiger partial charge in [0, 0.05) is 67.0 Å². The predicted octanol–water partition coefficient (Wildman–Crippen LogP) is 21.3. The minimum absolute atomic E-state index is 0.0137. The number of anilines is 9. The second-order valence-electron chi connectivity index (χ2n) is 28.6. The number of fused-ring (bicyclic) bond motifs is 10. The Hall–Kier alpha value is -9.52. The maximum Gasteiger partial charge on any atom is 0.252 e. The lowest BCUT2D eigenvalue weighted by Gasteiger charge is -2.45. The molecule has 13 aromatic rings. The first-order valence-corrected chi connectivity index (χ1v) is 31.8. The van der Waals surface area contributed by atoms with E-state index in [1.165, 1.54) is 111 Å². The molecule has 0 saturated carbocycles. The highest BCUT2D eigenvalue weighted by molar-refractivity contribution is 7.00. The lowest BCUT2D eigenvalue weighted by atomic mass is 9.33. The molecule has 0 aliphatic carbocycles. The van der Waals surface area contributed by atoms with Crippen molar-refractivity contribution in [2.24, 2.45) is 0 Å². The van der Waals surface area contributed by atoms with Crippen LogP contribution in [0.25, 0.3) is 60.6 Å². The van der Waals surface area contributed by atoms with Gasteiger partial charge in [-0.15, -0.1) is 0 Å². The molecule has 6 heteroatoms. The minimum Gasteiger partial charge on any atom is -0.456 e. The smallest absolute Gasteiger partial charge is 0.252 e. The molecule has 0 spiro atoms. The number of aryl methyl sites for hydroxylation is 5. The summed E-state index contributed by atoms with van der Waals surface area (Å²) in [5.41, 5.74) is 31.9. The Labute approximate surface area is 525 Å². The van der Waals surface area contributed by atoms with Crippen molar-refractivity contribution in [2.75, 3.05) is 14.7 Å². The molecule has 2 aromatic heterocycles. The fourth-order valence-electron chi connectivity index (χ4n) is 14.8. The van der Waals surface area contributed by atoms with Crippen molar-refractivity contribution >= 4 is 118 Å². The Morgan fingerprint density at radius 1 is 0.371 bits per heavy atom. The number of hydrogen-bond donors (Lipinski definition) is 0. The molecule has 15 rings (SSSR count). The van der Waals surface area contributed by atoms with E-state index in [0.717, 1.165) is 61.3 Å². The van der Waals surface area contributed by atoms with E-state index >= 15 is 0 Å². The van der Waals surface area contributed by atoms with Crippen molar-refractivity contribution in [3.05, 3.63) is 257 Å². The van der Waals surface area contributed by atoms with Gasteiger partial charge in [0.15, 0.2) is 0 Å². The summed E-state index contributed by atoms with van der Waals surface area (Å²) in [5, 5.41) is 4.73. The van der Waals surface area contributed by atoms with E-state index in [1.807, 2.05) is 6.07 Å². The van der Waals surface area contributed by atoms with Gasteiger partial charge in [-0.25, -0.2) is 0 Å². The quantitative estimate of drug-likeness (QED) is 0.149. The van der Waals surface area contributed by atoms with Crippen LogP contribution in [0.1, 0.15) is 107 Å². The van der Waals surface area contributed by atoms with Gasteiger partial charge in [-0.3, -0.25) is 0 Å². The summed E-state index contributed by atoms with van der Waals surface area (Å²) in [6.07, 6.45) is 0. The summed E-state index contributed by atoms with van der Waals surface area (Å²) in [7, 11) is 0. The molecule has 0 unspecified atom stereocenters. The molecule has 4 heterocycles.